The molecule has 0 unspecified atom stereocenters. The summed E-state index contributed by atoms with van der Waals surface area (Å²) in [4.78, 5) is 0.217. The number of nitrogen functional groups attached to an aromatic ring is 1. The summed E-state index contributed by atoms with van der Waals surface area (Å²) in [6.45, 7) is 2.14. The summed E-state index contributed by atoms with van der Waals surface area (Å²) in [5.74, 6) is 0. The molecule has 112 valence electrons. The fraction of sp³-hybridized carbons (Fsp3) is 0.200. The molecule has 0 radical (unpaired) electrons. The zero-order chi connectivity index (χ0) is 15.5. The lowest BCUT2D eigenvalue weighted by molar-refractivity contribution is 0.185. The quantitative estimate of drug-likeness (QED) is 0.832. The number of benzene rings is 2. The van der Waals surface area contributed by atoms with E-state index >= 15 is 0 Å². The van der Waals surface area contributed by atoms with Crippen LogP contribution in [0.5, 0.6) is 0 Å². The Kier molecular flexibility index (Phi) is 4.50. The third-order valence-corrected chi connectivity index (χ3v) is 4.52. The van der Waals surface area contributed by atoms with Crippen LogP contribution in [0.3, 0.4) is 0 Å². The van der Waals surface area contributed by atoms with Crippen LogP contribution in [0.2, 0.25) is 0 Å². The first-order valence-corrected chi connectivity index (χ1v) is 7.87. The molecule has 2 aromatic rings. The average molecular weight is 306 g/mol. The Morgan fingerprint density at radius 1 is 1.19 bits per heavy atom. The standard InChI is InChI=1S/C15H18N2O3S/c1-11-8-13(16)6-7-15(11)21(18,19)17-14-5-3-4-12(9-14)10-20-2/h3-9,17H,10,16H2,1-2H3. The van der Waals surface area contributed by atoms with Crippen LogP contribution in [0.15, 0.2) is 47.4 Å². The second kappa shape index (κ2) is 6.15. The van der Waals surface area contributed by atoms with Gasteiger partial charge in [-0.05, 0) is 48.4 Å². The van der Waals surface area contributed by atoms with Gasteiger partial charge in [-0.3, -0.25) is 4.72 Å². The predicted octanol–water partition coefficient (Wildman–Crippen LogP) is 2.52. The summed E-state index contributed by atoms with van der Waals surface area (Å²) in [6, 6.07) is 11.8. The molecular formula is C15H18N2O3S. The smallest absolute Gasteiger partial charge is 0.262 e. The molecular weight excluding hydrogens is 288 g/mol. The maximum Gasteiger partial charge on any atom is 0.262 e. The van der Waals surface area contributed by atoms with Gasteiger partial charge in [0.15, 0.2) is 0 Å². The van der Waals surface area contributed by atoms with Crippen LogP contribution >= 0.6 is 0 Å². The van der Waals surface area contributed by atoms with Gasteiger partial charge in [-0.15, -0.1) is 0 Å². The Morgan fingerprint density at radius 3 is 2.62 bits per heavy atom. The van der Waals surface area contributed by atoms with Crippen molar-refractivity contribution in [3.8, 4) is 0 Å². The molecule has 0 spiro atoms. The molecule has 5 nitrogen and oxygen atoms in total. The van der Waals surface area contributed by atoms with Crippen molar-refractivity contribution < 1.29 is 13.2 Å². The summed E-state index contributed by atoms with van der Waals surface area (Å²) in [5.41, 5.74) is 8.19. The molecule has 0 saturated heterocycles. The molecule has 3 N–H and O–H groups in total. The first-order valence-electron chi connectivity index (χ1n) is 6.39. The van der Waals surface area contributed by atoms with Gasteiger partial charge in [0, 0.05) is 18.5 Å². The monoisotopic (exact) mass is 306 g/mol. The molecule has 2 rings (SSSR count). The van der Waals surface area contributed by atoms with Crippen molar-refractivity contribution in [2.75, 3.05) is 17.6 Å². The van der Waals surface area contributed by atoms with E-state index in [2.05, 4.69) is 4.72 Å². The molecule has 0 saturated carbocycles. The van der Waals surface area contributed by atoms with Crippen molar-refractivity contribution in [1.29, 1.82) is 0 Å². The van der Waals surface area contributed by atoms with E-state index in [-0.39, 0.29) is 4.90 Å². The highest BCUT2D eigenvalue weighted by atomic mass is 32.2. The lowest BCUT2D eigenvalue weighted by Gasteiger charge is -2.11. The Hall–Kier alpha value is -2.05. The van der Waals surface area contributed by atoms with Gasteiger partial charge < -0.3 is 10.5 Å². The topological polar surface area (TPSA) is 81.4 Å². The van der Waals surface area contributed by atoms with Gasteiger partial charge >= 0.3 is 0 Å². The normalized spacial score (nSPS) is 11.3. The van der Waals surface area contributed by atoms with E-state index in [9.17, 15) is 8.42 Å². The molecule has 0 aliphatic rings. The van der Waals surface area contributed by atoms with Gasteiger partial charge in [0.25, 0.3) is 10.0 Å². The fourth-order valence-corrected chi connectivity index (χ4v) is 3.35. The van der Waals surface area contributed by atoms with Crippen LogP contribution < -0.4 is 10.5 Å². The SMILES string of the molecule is COCc1cccc(NS(=O)(=O)c2ccc(N)cc2C)c1. The van der Waals surface area contributed by atoms with Crippen LogP contribution in [0, 0.1) is 6.92 Å². The molecule has 6 heteroatoms. The van der Waals surface area contributed by atoms with Crippen molar-refractivity contribution in [2.45, 2.75) is 18.4 Å². The van der Waals surface area contributed by atoms with Gasteiger partial charge in [-0.2, -0.15) is 0 Å². The van der Waals surface area contributed by atoms with E-state index in [4.69, 9.17) is 10.5 Å². The van der Waals surface area contributed by atoms with Crippen LogP contribution in [0.1, 0.15) is 11.1 Å². The number of ether oxygens (including phenoxy) is 1. The van der Waals surface area contributed by atoms with Gasteiger partial charge in [-0.1, -0.05) is 12.1 Å². The molecule has 0 fully saturated rings. The number of rotatable bonds is 5. The Balaban J connectivity index is 2.31. The second-order valence-electron chi connectivity index (χ2n) is 4.76. The van der Waals surface area contributed by atoms with E-state index < -0.39 is 10.0 Å². The van der Waals surface area contributed by atoms with Crippen LogP contribution in [-0.4, -0.2) is 15.5 Å². The second-order valence-corrected chi connectivity index (χ2v) is 6.41. The summed E-state index contributed by atoms with van der Waals surface area (Å²) in [6.07, 6.45) is 0. The summed E-state index contributed by atoms with van der Waals surface area (Å²) < 4.78 is 32.4. The number of hydrogen-bond acceptors (Lipinski definition) is 4. The van der Waals surface area contributed by atoms with E-state index in [0.717, 1.165) is 5.56 Å². The fourth-order valence-electron chi connectivity index (χ4n) is 2.08. The summed E-state index contributed by atoms with van der Waals surface area (Å²) in [5, 5.41) is 0. The maximum absolute atomic E-state index is 12.4. The summed E-state index contributed by atoms with van der Waals surface area (Å²) in [7, 11) is -2.05. The molecule has 21 heavy (non-hydrogen) atoms. The molecule has 0 heterocycles. The Labute approximate surface area is 124 Å². The lowest BCUT2D eigenvalue weighted by atomic mass is 10.2. The molecule has 0 aromatic heterocycles. The van der Waals surface area contributed by atoms with E-state index in [1.807, 2.05) is 6.07 Å². The number of sulfonamides is 1. The molecule has 0 atom stereocenters. The number of aryl methyl sites for hydroxylation is 1. The zero-order valence-corrected chi connectivity index (χ0v) is 12.8. The predicted molar refractivity (Wildman–Crippen MR) is 83.6 cm³/mol. The number of nitrogens with one attached hydrogen (secondary N) is 1. The molecule has 0 aliphatic heterocycles. The van der Waals surface area contributed by atoms with Crippen molar-refractivity contribution in [3.05, 3.63) is 53.6 Å². The zero-order valence-electron chi connectivity index (χ0n) is 12.0. The minimum absolute atomic E-state index is 0.217. The largest absolute Gasteiger partial charge is 0.399 e. The highest BCUT2D eigenvalue weighted by Crippen LogP contribution is 2.21. The van der Waals surface area contributed by atoms with E-state index in [1.54, 1.807) is 44.4 Å². The number of nitrogens with two attached hydrogens (primary N) is 1. The Morgan fingerprint density at radius 2 is 1.95 bits per heavy atom. The van der Waals surface area contributed by atoms with Gasteiger partial charge in [0.2, 0.25) is 0 Å². The van der Waals surface area contributed by atoms with E-state index in [1.165, 1.54) is 6.07 Å². The molecule has 2 aromatic carbocycles. The van der Waals surface area contributed by atoms with Crippen LogP contribution in [0.4, 0.5) is 11.4 Å². The highest BCUT2D eigenvalue weighted by molar-refractivity contribution is 7.92. The maximum atomic E-state index is 12.4. The van der Waals surface area contributed by atoms with E-state index in [0.29, 0.717) is 23.5 Å². The summed E-state index contributed by atoms with van der Waals surface area (Å²) >= 11 is 0. The Bertz CT molecular complexity index is 742. The first kappa shape index (κ1) is 15.3. The third kappa shape index (κ3) is 3.74. The van der Waals surface area contributed by atoms with Crippen LogP contribution in [0.25, 0.3) is 0 Å². The van der Waals surface area contributed by atoms with Crippen molar-refractivity contribution in [2.24, 2.45) is 0 Å². The lowest BCUT2D eigenvalue weighted by Crippen LogP contribution is -2.14. The average Bonchev–Trinajstić information content (AvgIpc) is 2.38. The van der Waals surface area contributed by atoms with Crippen molar-refractivity contribution in [1.82, 2.24) is 0 Å². The first-order chi connectivity index (χ1) is 9.92. The minimum Gasteiger partial charge on any atom is -0.399 e. The minimum atomic E-state index is -3.64. The van der Waals surface area contributed by atoms with Crippen molar-refractivity contribution >= 4 is 21.4 Å². The highest BCUT2D eigenvalue weighted by Gasteiger charge is 2.17. The number of anilines is 2. The van der Waals surface area contributed by atoms with Gasteiger partial charge in [-0.25, -0.2) is 8.42 Å². The van der Waals surface area contributed by atoms with Gasteiger partial charge in [0.1, 0.15) is 0 Å². The molecule has 0 amide bonds. The molecule has 0 bridgehead atoms. The molecule has 0 aliphatic carbocycles. The number of methoxy groups -OCH3 is 1. The van der Waals surface area contributed by atoms with Crippen molar-refractivity contribution in [3.63, 3.8) is 0 Å². The number of hydrogen-bond donors (Lipinski definition) is 2. The third-order valence-electron chi connectivity index (χ3n) is 2.98. The van der Waals surface area contributed by atoms with Crippen LogP contribution in [-0.2, 0) is 21.4 Å². The van der Waals surface area contributed by atoms with Gasteiger partial charge in [0.05, 0.1) is 11.5 Å².